The average molecular weight is 448 g/mol. The summed E-state index contributed by atoms with van der Waals surface area (Å²) in [7, 11) is 0. The van der Waals surface area contributed by atoms with E-state index in [4.69, 9.17) is 0 Å². The quantitative estimate of drug-likeness (QED) is 0.675. The lowest BCUT2D eigenvalue weighted by Crippen LogP contribution is -2.56. The van der Waals surface area contributed by atoms with Gasteiger partial charge in [-0.15, -0.1) is 16.8 Å². The van der Waals surface area contributed by atoms with E-state index < -0.39 is 0 Å². The molecule has 0 unspecified atom stereocenters. The number of piperidine rings is 1. The molecule has 4 aliphatic rings. The maximum atomic E-state index is 13.0. The van der Waals surface area contributed by atoms with Crippen LogP contribution in [0.2, 0.25) is 0 Å². The fourth-order valence-corrected chi connectivity index (χ4v) is 6.27. The van der Waals surface area contributed by atoms with Crippen molar-refractivity contribution in [2.75, 3.05) is 37.8 Å². The number of carbonyl (C=O) groups is 1. The highest BCUT2D eigenvalue weighted by atomic mass is 32.2. The fraction of sp³-hybridized carbons (Fsp3) is 0.375. The highest BCUT2D eigenvalue weighted by Gasteiger charge is 2.48. The highest BCUT2D eigenvalue weighted by molar-refractivity contribution is 7.99. The second-order valence-electron chi connectivity index (χ2n) is 8.79. The largest absolute Gasteiger partial charge is 0.329 e. The van der Waals surface area contributed by atoms with Crippen molar-refractivity contribution in [1.82, 2.24) is 24.7 Å². The molecule has 2 aromatic rings. The molecule has 0 radical (unpaired) electrons. The van der Waals surface area contributed by atoms with Crippen molar-refractivity contribution < 1.29 is 9.39 Å². The van der Waals surface area contributed by atoms with Gasteiger partial charge in [0.2, 0.25) is 0 Å². The van der Waals surface area contributed by atoms with Crippen molar-refractivity contribution in [1.29, 1.82) is 0 Å². The second kappa shape index (κ2) is 8.03. The van der Waals surface area contributed by atoms with Crippen LogP contribution in [0.25, 0.3) is 5.69 Å². The molecule has 2 saturated heterocycles. The first-order valence-corrected chi connectivity index (χ1v) is 12.5. The van der Waals surface area contributed by atoms with Crippen LogP contribution < -0.4 is 0 Å². The van der Waals surface area contributed by atoms with Gasteiger partial charge in [0.05, 0.1) is 17.1 Å². The van der Waals surface area contributed by atoms with E-state index in [0.29, 0.717) is 10.5 Å². The zero-order chi connectivity index (χ0) is 21.5. The number of hydrogen-bond donors (Lipinski definition) is 0. The Balaban J connectivity index is 1.17. The van der Waals surface area contributed by atoms with Gasteiger partial charge >= 0.3 is 0 Å². The molecule has 1 amide bonds. The fourth-order valence-electron chi connectivity index (χ4n) is 5.33. The summed E-state index contributed by atoms with van der Waals surface area (Å²) in [4.78, 5) is 19.6. The van der Waals surface area contributed by atoms with Crippen molar-refractivity contribution in [2.24, 2.45) is 0 Å². The summed E-state index contributed by atoms with van der Waals surface area (Å²) in [5.41, 5.74) is 3.21. The standard InChI is InChI=1S/C24H27N6OS/c31-24(27-12-14-32-18-27)20-15-22-7-4-13-30(22,16-20)28-10-8-19(9-11-28)23-25-17-26-29(23)21-5-2-1-3-6-21/h1-7,13,15,17,19H,8-12,14,16,18H2/q+1/t30-/m1/s1. The van der Waals surface area contributed by atoms with Crippen LogP contribution in [0.5, 0.6) is 0 Å². The van der Waals surface area contributed by atoms with Gasteiger partial charge in [0.25, 0.3) is 5.91 Å². The van der Waals surface area contributed by atoms with Crippen LogP contribution in [0.3, 0.4) is 0 Å². The summed E-state index contributed by atoms with van der Waals surface area (Å²) in [6.45, 7) is 3.52. The van der Waals surface area contributed by atoms with E-state index in [-0.39, 0.29) is 5.91 Å². The maximum Gasteiger partial charge on any atom is 0.256 e. The average Bonchev–Trinajstić information content (AvgIpc) is 3.63. The number of allylic oxidation sites excluding steroid dienone is 3. The van der Waals surface area contributed by atoms with E-state index in [1.807, 2.05) is 39.5 Å². The number of nitrogens with zero attached hydrogens (tertiary/aromatic N) is 6. The van der Waals surface area contributed by atoms with E-state index in [0.717, 1.165) is 67.7 Å². The van der Waals surface area contributed by atoms with Crippen LogP contribution in [0.4, 0.5) is 0 Å². The molecule has 32 heavy (non-hydrogen) atoms. The second-order valence-corrected chi connectivity index (χ2v) is 9.86. The SMILES string of the molecule is O=C(C1=CC2=CC=C[N@@+]2(N2CCC(c3ncnn3-c3ccccc3)CC2)C1)N1CCSC1. The van der Waals surface area contributed by atoms with Gasteiger partial charge in [0.15, 0.2) is 5.70 Å². The number of carbonyl (C=O) groups excluding carboxylic acids is 1. The molecule has 0 N–H and O–H groups in total. The summed E-state index contributed by atoms with van der Waals surface area (Å²) in [5, 5.41) is 7.01. The van der Waals surface area contributed by atoms with Crippen molar-refractivity contribution in [3.8, 4) is 5.69 Å². The lowest BCUT2D eigenvalue weighted by atomic mass is 9.96. The molecule has 0 spiro atoms. The number of benzene rings is 1. The van der Waals surface area contributed by atoms with Crippen molar-refractivity contribution in [3.05, 3.63) is 78.2 Å². The Morgan fingerprint density at radius 1 is 1.12 bits per heavy atom. The monoisotopic (exact) mass is 447 g/mol. The molecule has 2 fully saturated rings. The van der Waals surface area contributed by atoms with Crippen molar-refractivity contribution in [2.45, 2.75) is 18.8 Å². The summed E-state index contributed by atoms with van der Waals surface area (Å²) >= 11 is 1.84. The van der Waals surface area contributed by atoms with Crippen LogP contribution in [0, 0.1) is 0 Å². The Morgan fingerprint density at radius 3 is 2.75 bits per heavy atom. The van der Waals surface area contributed by atoms with Gasteiger partial charge < -0.3 is 4.90 Å². The molecule has 0 bridgehead atoms. The molecule has 1 aromatic heterocycles. The van der Waals surface area contributed by atoms with Crippen LogP contribution in [0.1, 0.15) is 24.6 Å². The highest BCUT2D eigenvalue weighted by Crippen LogP contribution is 2.40. The van der Waals surface area contributed by atoms with Gasteiger partial charge in [-0.05, 0) is 31.1 Å². The molecule has 1 atom stereocenters. The number of rotatable bonds is 4. The van der Waals surface area contributed by atoms with Crippen LogP contribution in [-0.2, 0) is 4.79 Å². The topological polar surface area (TPSA) is 54.3 Å². The van der Waals surface area contributed by atoms with E-state index in [2.05, 4.69) is 51.7 Å². The third-order valence-electron chi connectivity index (χ3n) is 7.01. The van der Waals surface area contributed by atoms with Gasteiger partial charge in [-0.25, -0.2) is 9.67 Å². The Kier molecular flexibility index (Phi) is 5.01. The number of quaternary nitrogens is 1. The number of fused-ring (bicyclic) bond motifs is 1. The van der Waals surface area contributed by atoms with Gasteiger partial charge in [-0.1, -0.05) is 18.2 Å². The summed E-state index contributed by atoms with van der Waals surface area (Å²) < 4.78 is 2.65. The van der Waals surface area contributed by atoms with E-state index in [1.165, 1.54) is 5.70 Å². The first kappa shape index (κ1) is 20.0. The zero-order valence-corrected chi connectivity index (χ0v) is 18.8. The normalized spacial score (nSPS) is 25.8. The minimum atomic E-state index is 0.210. The molecule has 8 heteroatoms. The van der Waals surface area contributed by atoms with Crippen LogP contribution in [0.15, 0.2) is 72.4 Å². The molecule has 164 valence electrons. The van der Waals surface area contributed by atoms with E-state index in [9.17, 15) is 4.79 Å². The van der Waals surface area contributed by atoms with Gasteiger partial charge in [0.1, 0.15) is 24.9 Å². The van der Waals surface area contributed by atoms with Crippen LogP contribution >= 0.6 is 11.8 Å². The molecular formula is C24H27N6OS+. The summed E-state index contributed by atoms with van der Waals surface area (Å²) in [6.07, 6.45) is 12.4. The molecule has 0 saturated carbocycles. The van der Waals surface area contributed by atoms with Gasteiger partial charge in [0, 0.05) is 43.5 Å². The number of para-hydroxylation sites is 1. The zero-order valence-electron chi connectivity index (χ0n) is 18.0. The minimum absolute atomic E-state index is 0.210. The summed E-state index contributed by atoms with van der Waals surface area (Å²) in [5.74, 6) is 3.50. The number of amides is 1. The molecule has 0 aliphatic carbocycles. The predicted molar refractivity (Wildman–Crippen MR) is 124 cm³/mol. The molecule has 1 aromatic carbocycles. The Hall–Kier alpha value is -2.68. The Labute approximate surface area is 192 Å². The first-order valence-electron chi connectivity index (χ1n) is 11.3. The molecule has 6 rings (SSSR count). The van der Waals surface area contributed by atoms with Crippen LogP contribution in [-0.4, -0.2) is 73.0 Å². The third kappa shape index (κ3) is 3.25. The Morgan fingerprint density at radius 2 is 1.97 bits per heavy atom. The lowest BCUT2D eigenvalue weighted by molar-refractivity contribution is -0.949. The number of aromatic nitrogens is 3. The molecule has 5 heterocycles. The lowest BCUT2D eigenvalue weighted by Gasteiger charge is -2.42. The first-order chi connectivity index (χ1) is 15.7. The van der Waals surface area contributed by atoms with E-state index >= 15 is 0 Å². The molecular weight excluding hydrogens is 420 g/mol. The van der Waals surface area contributed by atoms with Gasteiger partial charge in [-0.3, -0.25) is 4.79 Å². The third-order valence-corrected chi connectivity index (χ3v) is 7.98. The predicted octanol–water partition coefficient (Wildman–Crippen LogP) is 3.06. The molecule has 4 aliphatic heterocycles. The Bertz CT molecular complexity index is 1110. The maximum absolute atomic E-state index is 13.0. The number of hydrogen-bond acceptors (Lipinski definition) is 5. The molecule has 7 nitrogen and oxygen atoms in total. The summed E-state index contributed by atoms with van der Waals surface area (Å²) in [6, 6.07) is 10.2. The van der Waals surface area contributed by atoms with Crippen molar-refractivity contribution in [3.63, 3.8) is 0 Å². The van der Waals surface area contributed by atoms with Crippen molar-refractivity contribution >= 4 is 17.7 Å². The smallest absolute Gasteiger partial charge is 0.256 e. The minimum Gasteiger partial charge on any atom is -0.329 e. The number of thioether (sulfide) groups is 1. The van der Waals surface area contributed by atoms with Gasteiger partial charge in [-0.2, -0.15) is 9.69 Å². The van der Waals surface area contributed by atoms with E-state index in [1.54, 1.807) is 6.33 Å².